The van der Waals surface area contributed by atoms with Crippen LogP contribution in [0.15, 0.2) is 175 Å². The SMILES string of the molecule is C1=CCC(=C/Cc2c3ccccc3c(-c3ccc(-c4cccc5c4C=CCC5)cc3)c3ccccc23)/C(=C\CCc2ccccc2)C=C1. The van der Waals surface area contributed by atoms with Gasteiger partial charge in [0.2, 0.25) is 0 Å². The maximum atomic E-state index is 2.48. The first-order valence-electron chi connectivity index (χ1n) is 17.4. The van der Waals surface area contributed by atoms with Crippen LogP contribution in [0.25, 0.3) is 49.9 Å². The van der Waals surface area contributed by atoms with Crippen LogP contribution in [0, 0.1) is 0 Å². The number of hydrogen-bond donors (Lipinski definition) is 0. The average Bonchev–Trinajstić information content (AvgIpc) is 3.38. The lowest BCUT2D eigenvalue weighted by Crippen LogP contribution is -1.96. The van der Waals surface area contributed by atoms with E-state index in [-0.39, 0.29) is 0 Å². The minimum Gasteiger partial charge on any atom is -0.0836 e. The number of fused-ring (bicyclic) bond motifs is 3. The van der Waals surface area contributed by atoms with Crippen molar-refractivity contribution in [3.63, 3.8) is 0 Å². The van der Waals surface area contributed by atoms with Gasteiger partial charge in [0.15, 0.2) is 0 Å². The van der Waals surface area contributed by atoms with Gasteiger partial charge in [-0.1, -0.05) is 170 Å². The van der Waals surface area contributed by atoms with Crippen LogP contribution < -0.4 is 0 Å². The van der Waals surface area contributed by atoms with Gasteiger partial charge >= 0.3 is 0 Å². The van der Waals surface area contributed by atoms with E-state index in [0.29, 0.717) is 0 Å². The molecule has 0 heteroatoms. The average molecular weight is 617 g/mol. The number of hydrogen-bond acceptors (Lipinski definition) is 0. The summed E-state index contributed by atoms with van der Waals surface area (Å²) < 4.78 is 0. The van der Waals surface area contributed by atoms with Crippen molar-refractivity contribution in [2.75, 3.05) is 0 Å². The predicted octanol–water partition coefficient (Wildman–Crippen LogP) is 12.8. The second-order valence-corrected chi connectivity index (χ2v) is 13.0. The second-order valence-electron chi connectivity index (χ2n) is 13.0. The second kappa shape index (κ2) is 13.7. The lowest BCUT2D eigenvalue weighted by atomic mass is 9.86. The van der Waals surface area contributed by atoms with E-state index < -0.39 is 0 Å². The molecule has 0 bridgehead atoms. The van der Waals surface area contributed by atoms with Gasteiger partial charge in [-0.2, -0.15) is 0 Å². The van der Waals surface area contributed by atoms with Crippen molar-refractivity contribution in [2.24, 2.45) is 0 Å². The van der Waals surface area contributed by atoms with Gasteiger partial charge in [0.1, 0.15) is 0 Å². The van der Waals surface area contributed by atoms with Crippen LogP contribution in [0.3, 0.4) is 0 Å². The maximum Gasteiger partial charge on any atom is -0.00266 e. The third-order valence-electron chi connectivity index (χ3n) is 10.0. The minimum atomic E-state index is 0.889. The summed E-state index contributed by atoms with van der Waals surface area (Å²) in [6.07, 6.45) is 24.6. The van der Waals surface area contributed by atoms with Crippen molar-refractivity contribution >= 4 is 27.6 Å². The Labute approximate surface area is 284 Å². The fourth-order valence-electron chi connectivity index (χ4n) is 7.61. The summed E-state index contributed by atoms with van der Waals surface area (Å²) in [6.45, 7) is 0. The smallest absolute Gasteiger partial charge is 0.00266 e. The summed E-state index contributed by atoms with van der Waals surface area (Å²) in [6, 6.07) is 44.9. The minimum absolute atomic E-state index is 0.889. The Balaban J connectivity index is 1.17. The third-order valence-corrected chi connectivity index (χ3v) is 10.0. The van der Waals surface area contributed by atoms with E-state index in [9.17, 15) is 0 Å². The molecule has 0 fully saturated rings. The zero-order valence-electron chi connectivity index (χ0n) is 27.4. The molecular formula is C48H40. The molecule has 0 saturated carbocycles. The molecule has 0 nitrogen and oxygen atoms in total. The lowest BCUT2D eigenvalue weighted by molar-refractivity contribution is 0.986. The molecule has 2 aliphatic rings. The number of aryl methyl sites for hydroxylation is 2. The standard InChI is InChI=1S/C48H40/c1-3-15-35(16-4-1)17-13-21-36-18-5-2-6-19-37(36)33-34-45-43-24-9-11-26-46(43)48(47-27-12-10-25-44(45)47)40-31-29-39(30-32-40)42-28-14-22-38-20-7-8-23-41(38)42/h1-6,8-12,14-16,18,21-33H,7,13,17,19-20,34H2/b36-21-,37-33-. The molecule has 232 valence electrons. The Kier molecular flexibility index (Phi) is 8.55. The Morgan fingerprint density at radius 2 is 1.27 bits per heavy atom. The Morgan fingerprint density at radius 1 is 0.562 bits per heavy atom. The van der Waals surface area contributed by atoms with Crippen LogP contribution in [-0.2, 0) is 19.3 Å². The van der Waals surface area contributed by atoms with E-state index in [0.717, 1.165) is 38.5 Å². The quantitative estimate of drug-likeness (QED) is 0.157. The first-order chi connectivity index (χ1) is 23.8. The van der Waals surface area contributed by atoms with E-state index in [2.05, 4.69) is 170 Å². The van der Waals surface area contributed by atoms with Crippen LogP contribution in [0.5, 0.6) is 0 Å². The van der Waals surface area contributed by atoms with Crippen LogP contribution >= 0.6 is 0 Å². The first-order valence-corrected chi connectivity index (χ1v) is 17.4. The summed E-state index contributed by atoms with van der Waals surface area (Å²) in [4.78, 5) is 0. The molecule has 0 spiro atoms. The van der Waals surface area contributed by atoms with Crippen molar-refractivity contribution in [2.45, 2.75) is 38.5 Å². The molecule has 0 aliphatic heterocycles. The van der Waals surface area contributed by atoms with Crippen LogP contribution in [0.2, 0.25) is 0 Å². The molecule has 0 unspecified atom stereocenters. The molecule has 8 rings (SSSR count). The molecule has 6 aromatic carbocycles. The van der Waals surface area contributed by atoms with Gasteiger partial charge in [0, 0.05) is 0 Å². The van der Waals surface area contributed by atoms with Crippen LogP contribution in [-0.4, -0.2) is 0 Å². The van der Waals surface area contributed by atoms with Gasteiger partial charge in [-0.3, -0.25) is 0 Å². The molecule has 0 amide bonds. The van der Waals surface area contributed by atoms with E-state index in [1.807, 2.05) is 0 Å². The largest absolute Gasteiger partial charge is 0.0836 e. The molecular weight excluding hydrogens is 577 g/mol. The van der Waals surface area contributed by atoms with Crippen molar-refractivity contribution in [3.8, 4) is 22.3 Å². The first kappa shape index (κ1) is 29.9. The van der Waals surface area contributed by atoms with E-state index >= 15 is 0 Å². The molecule has 0 atom stereocenters. The van der Waals surface area contributed by atoms with Gasteiger partial charge in [-0.15, -0.1) is 0 Å². The highest BCUT2D eigenvalue weighted by Gasteiger charge is 2.16. The van der Waals surface area contributed by atoms with E-state index in [1.165, 1.54) is 77.2 Å². The monoisotopic (exact) mass is 616 g/mol. The topological polar surface area (TPSA) is 0 Å². The Bertz CT molecular complexity index is 2200. The van der Waals surface area contributed by atoms with Crippen molar-refractivity contribution in [3.05, 3.63) is 197 Å². The fraction of sp³-hybridized carbons (Fsp3) is 0.125. The van der Waals surface area contributed by atoms with Gasteiger partial charge in [0.05, 0.1) is 0 Å². The van der Waals surface area contributed by atoms with Gasteiger partial charge in [-0.05, 0) is 116 Å². The molecule has 0 heterocycles. The highest BCUT2D eigenvalue weighted by Crippen LogP contribution is 2.41. The van der Waals surface area contributed by atoms with Crippen LogP contribution in [0.1, 0.15) is 41.5 Å². The Hall–Kier alpha value is -5.46. The van der Waals surface area contributed by atoms with Crippen LogP contribution in [0.4, 0.5) is 0 Å². The zero-order chi connectivity index (χ0) is 32.1. The number of allylic oxidation sites excluding steroid dienone is 9. The molecule has 2 aliphatic carbocycles. The van der Waals surface area contributed by atoms with Crippen molar-refractivity contribution in [1.82, 2.24) is 0 Å². The molecule has 0 aromatic heterocycles. The molecule has 0 saturated heterocycles. The summed E-state index contributed by atoms with van der Waals surface area (Å²) in [5, 5.41) is 5.31. The predicted molar refractivity (Wildman–Crippen MR) is 207 cm³/mol. The highest BCUT2D eigenvalue weighted by molar-refractivity contribution is 6.15. The summed E-state index contributed by atoms with van der Waals surface area (Å²) in [7, 11) is 0. The van der Waals surface area contributed by atoms with E-state index in [4.69, 9.17) is 0 Å². The third kappa shape index (κ3) is 6.03. The summed E-state index contributed by atoms with van der Waals surface area (Å²) in [5.74, 6) is 0. The van der Waals surface area contributed by atoms with Gasteiger partial charge in [-0.25, -0.2) is 0 Å². The highest BCUT2D eigenvalue weighted by atomic mass is 14.2. The normalized spacial score (nSPS) is 15.8. The molecule has 0 N–H and O–H groups in total. The van der Waals surface area contributed by atoms with Crippen molar-refractivity contribution < 1.29 is 0 Å². The van der Waals surface area contributed by atoms with Gasteiger partial charge < -0.3 is 0 Å². The number of benzene rings is 6. The summed E-state index contributed by atoms with van der Waals surface area (Å²) in [5.41, 5.74) is 13.5. The molecule has 0 radical (unpaired) electrons. The fourth-order valence-corrected chi connectivity index (χ4v) is 7.61. The number of rotatable bonds is 7. The zero-order valence-corrected chi connectivity index (χ0v) is 27.4. The molecule has 6 aromatic rings. The van der Waals surface area contributed by atoms with Gasteiger partial charge in [0.25, 0.3) is 0 Å². The molecule has 48 heavy (non-hydrogen) atoms. The van der Waals surface area contributed by atoms with Crippen molar-refractivity contribution in [1.29, 1.82) is 0 Å². The lowest BCUT2D eigenvalue weighted by Gasteiger charge is -2.18. The maximum absolute atomic E-state index is 2.48. The Morgan fingerprint density at radius 3 is 2.04 bits per heavy atom. The summed E-state index contributed by atoms with van der Waals surface area (Å²) >= 11 is 0. The van der Waals surface area contributed by atoms with E-state index in [1.54, 1.807) is 0 Å².